The molecule has 4 heterocycles. The molecule has 0 amide bonds. The molecule has 230 valence electrons. The SMILES string of the molecule is Cn1cc(-c2cc(-c3cccnc3F)ncc2Oc2cc(F)c(S(=O)(=O)Nc3cscn3)cc2Cl)cn1.O=C(O)C(F)(F)F. The van der Waals surface area contributed by atoms with E-state index in [0.717, 1.165) is 12.1 Å². The van der Waals surface area contributed by atoms with Crippen molar-refractivity contribution in [2.75, 3.05) is 4.72 Å². The third-order valence-corrected chi connectivity index (χ3v) is 7.58. The molecule has 2 N–H and O–H groups in total. The van der Waals surface area contributed by atoms with Gasteiger partial charge in [0.25, 0.3) is 10.0 Å². The zero-order valence-electron chi connectivity index (χ0n) is 21.8. The molecule has 0 unspecified atom stereocenters. The quantitative estimate of drug-likeness (QED) is 0.153. The normalized spacial score (nSPS) is 11.4. The zero-order chi connectivity index (χ0) is 32.2. The predicted octanol–water partition coefficient (Wildman–Crippen LogP) is 6.16. The minimum atomic E-state index is -5.08. The molecule has 5 aromatic rings. The molecule has 4 aromatic heterocycles. The summed E-state index contributed by atoms with van der Waals surface area (Å²) in [4.78, 5) is 20.0. The van der Waals surface area contributed by atoms with Crippen molar-refractivity contribution in [3.05, 3.63) is 82.8 Å². The van der Waals surface area contributed by atoms with E-state index in [2.05, 4.69) is 24.8 Å². The van der Waals surface area contributed by atoms with Gasteiger partial charge in [0, 0.05) is 42.0 Å². The molecule has 0 radical (unpaired) electrons. The van der Waals surface area contributed by atoms with Crippen LogP contribution >= 0.6 is 22.9 Å². The second-order valence-corrected chi connectivity index (χ2v) is 11.2. The van der Waals surface area contributed by atoms with Crippen LogP contribution in [0.15, 0.2) is 70.9 Å². The Morgan fingerprint density at radius 3 is 2.41 bits per heavy atom. The lowest BCUT2D eigenvalue weighted by Gasteiger charge is -2.14. The lowest BCUT2D eigenvalue weighted by atomic mass is 10.1. The van der Waals surface area contributed by atoms with Crippen molar-refractivity contribution in [1.29, 1.82) is 0 Å². The first-order valence-electron chi connectivity index (χ1n) is 11.6. The summed E-state index contributed by atoms with van der Waals surface area (Å²) >= 11 is 7.47. The summed E-state index contributed by atoms with van der Waals surface area (Å²) in [6, 6.07) is 6.49. The number of carbonyl (C=O) groups is 1. The van der Waals surface area contributed by atoms with E-state index in [1.807, 2.05) is 0 Å². The van der Waals surface area contributed by atoms with Gasteiger partial charge in [-0.1, -0.05) is 11.6 Å². The summed E-state index contributed by atoms with van der Waals surface area (Å²) in [7, 11) is -2.58. The average Bonchev–Trinajstić information content (AvgIpc) is 3.62. The molecule has 44 heavy (non-hydrogen) atoms. The van der Waals surface area contributed by atoms with Crippen molar-refractivity contribution in [1.82, 2.24) is 24.7 Å². The molecule has 0 aliphatic rings. The number of halogens is 6. The Bertz CT molecular complexity index is 1920. The van der Waals surface area contributed by atoms with E-state index in [4.69, 9.17) is 26.2 Å². The highest BCUT2D eigenvalue weighted by Gasteiger charge is 2.38. The number of anilines is 1. The highest BCUT2D eigenvalue weighted by molar-refractivity contribution is 7.92. The number of nitrogens with zero attached hydrogens (tertiary/aromatic N) is 5. The minimum Gasteiger partial charge on any atom is -0.475 e. The summed E-state index contributed by atoms with van der Waals surface area (Å²) < 4.78 is 95.9. The lowest BCUT2D eigenvalue weighted by molar-refractivity contribution is -0.192. The summed E-state index contributed by atoms with van der Waals surface area (Å²) in [5.74, 6) is -4.50. The molecule has 0 fully saturated rings. The Morgan fingerprint density at radius 2 is 1.82 bits per heavy atom. The number of sulfonamides is 1. The Hall–Kier alpha value is -4.68. The third-order valence-electron chi connectivity index (χ3n) is 5.33. The van der Waals surface area contributed by atoms with Gasteiger partial charge in [-0.05, 0) is 24.3 Å². The summed E-state index contributed by atoms with van der Waals surface area (Å²) in [6.45, 7) is 0. The number of thiazole rings is 1. The van der Waals surface area contributed by atoms with Gasteiger partial charge in [0.05, 0.1) is 34.2 Å². The van der Waals surface area contributed by atoms with Gasteiger partial charge in [-0.2, -0.15) is 22.7 Å². The standard InChI is InChI=1S/C23H15ClF2N6O3S2.C2HF3O2/c1-32-10-13(8-30-32)15-5-18(14-3-2-4-27-23(14)26)28-9-20(15)35-19-7-17(25)21(6-16(19)24)37(33,34)31-22-11-36-12-29-22;3-2(4,5)1(6)7/h2-12,31H,1H3;(H,6,7). The first-order valence-corrected chi connectivity index (χ1v) is 14.4. The van der Waals surface area contributed by atoms with Crippen molar-refractivity contribution < 1.29 is 45.0 Å². The fourth-order valence-electron chi connectivity index (χ4n) is 3.40. The fraction of sp³-hybridized carbons (Fsp3) is 0.0800. The second-order valence-electron chi connectivity index (χ2n) is 8.41. The summed E-state index contributed by atoms with van der Waals surface area (Å²) in [5.41, 5.74) is 2.95. The maximum Gasteiger partial charge on any atom is 0.490 e. The van der Waals surface area contributed by atoms with Crippen molar-refractivity contribution in [3.8, 4) is 33.9 Å². The van der Waals surface area contributed by atoms with Crippen LogP contribution in [0.25, 0.3) is 22.4 Å². The molecule has 19 heteroatoms. The Labute approximate surface area is 253 Å². The van der Waals surface area contributed by atoms with Gasteiger partial charge in [0.15, 0.2) is 11.6 Å². The Balaban J connectivity index is 0.000000566. The largest absolute Gasteiger partial charge is 0.490 e. The van der Waals surface area contributed by atoms with Gasteiger partial charge < -0.3 is 9.84 Å². The molecular weight excluding hydrogens is 659 g/mol. The fourth-order valence-corrected chi connectivity index (χ4v) is 5.31. The van der Waals surface area contributed by atoms with E-state index < -0.39 is 38.8 Å². The summed E-state index contributed by atoms with van der Waals surface area (Å²) in [6.07, 6.45) is 0.832. The number of aryl methyl sites for hydroxylation is 1. The number of nitrogens with one attached hydrogen (secondary N) is 1. The zero-order valence-corrected chi connectivity index (χ0v) is 24.1. The number of aromatic nitrogens is 5. The number of ether oxygens (including phenoxy) is 1. The molecule has 0 saturated heterocycles. The van der Waals surface area contributed by atoms with E-state index in [-0.39, 0.29) is 33.6 Å². The molecular formula is C25H16ClF5N6O5S2. The molecule has 0 aliphatic carbocycles. The molecule has 0 atom stereocenters. The van der Waals surface area contributed by atoms with Crippen LogP contribution in [0.2, 0.25) is 5.02 Å². The number of benzene rings is 1. The van der Waals surface area contributed by atoms with Crippen LogP contribution < -0.4 is 9.46 Å². The van der Waals surface area contributed by atoms with E-state index in [0.29, 0.717) is 11.1 Å². The van der Waals surface area contributed by atoms with E-state index >= 15 is 0 Å². The van der Waals surface area contributed by atoms with E-state index in [9.17, 15) is 30.4 Å². The molecule has 11 nitrogen and oxygen atoms in total. The first kappa shape index (κ1) is 32.2. The number of hydrogen-bond donors (Lipinski definition) is 2. The van der Waals surface area contributed by atoms with Gasteiger partial charge in [-0.3, -0.25) is 14.4 Å². The van der Waals surface area contributed by atoms with Crippen LogP contribution in [-0.2, 0) is 21.9 Å². The number of rotatable bonds is 7. The molecule has 5 rings (SSSR count). The van der Waals surface area contributed by atoms with Crippen molar-refractivity contribution >= 4 is 44.7 Å². The van der Waals surface area contributed by atoms with Crippen LogP contribution in [0.4, 0.5) is 27.8 Å². The number of aliphatic carboxylic acids is 1. The van der Waals surface area contributed by atoms with Crippen molar-refractivity contribution in [3.63, 3.8) is 0 Å². The van der Waals surface area contributed by atoms with Crippen LogP contribution in [0.5, 0.6) is 11.5 Å². The van der Waals surface area contributed by atoms with Gasteiger partial charge in [-0.25, -0.2) is 27.6 Å². The number of carboxylic acid groups (broad SMARTS) is 1. The summed E-state index contributed by atoms with van der Waals surface area (Å²) in [5, 5.41) is 12.6. The van der Waals surface area contributed by atoms with Crippen molar-refractivity contribution in [2.24, 2.45) is 7.05 Å². The Kier molecular flexibility index (Phi) is 9.45. The van der Waals surface area contributed by atoms with E-state index in [1.165, 1.54) is 40.7 Å². The van der Waals surface area contributed by atoms with Crippen LogP contribution in [0.3, 0.4) is 0 Å². The van der Waals surface area contributed by atoms with Gasteiger partial charge in [0.1, 0.15) is 16.5 Å². The third kappa shape index (κ3) is 7.63. The highest BCUT2D eigenvalue weighted by atomic mass is 35.5. The Morgan fingerprint density at radius 1 is 1.09 bits per heavy atom. The lowest BCUT2D eigenvalue weighted by Crippen LogP contribution is -2.21. The molecule has 0 saturated carbocycles. The van der Waals surface area contributed by atoms with E-state index in [1.54, 1.807) is 36.3 Å². The number of carboxylic acids is 1. The smallest absolute Gasteiger partial charge is 0.475 e. The second kappa shape index (κ2) is 12.9. The monoisotopic (exact) mass is 674 g/mol. The van der Waals surface area contributed by atoms with Crippen molar-refractivity contribution in [2.45, 2.75) is 11.1 Å². The van der Waals surface area contributed by atoms with Gasteiger partial charge >= 0.3 is 12.1 Å². The molecule has 0 spiro atoms. The van der Waals surface area contributed by atoms with Crippen LogP contribution in [0, 0.1) is 11.8 Å². The topological polar surface area (TPSA) is 149 Å². The minimum absolute atomic E-state index is 0.0539. The number of hydrogen-bond acceptors (Lipinski definition) is 9. The van der Waals surface area contributed by atoms with Gasteiger partial charge in [0.2, 0.25) is 5.95 Å². The van der Waals surface area contributed by atoms with Crippen LogP contribution in [0.1, 0.15) is 0 Å². The maximum atomic E-state index is 15.0. The van der Waals surface area contributed by atoms with Crippen LogP contribution in [-0.4, -0.2) is 50.4 Å². The molecule has 1 aromatic carbocycles. The molecule has 0 aliphatic heterocycles. The highest BCUT2D eigenvalue weighted by Crippen LogP contribution is 2.39. The average molecular weight is 675 g/mol. The predicted molar refractivity (Wildman–Crippen MR) is 148 cm³/mol. The molecule has 0 bridgehead atoms. The van der Waals surface area contributed by atoms with Gasteiger partial charge in [-0.15, -0.1) is 11.3 Å². The maximum absolute atomic E-state index is 15.0. The first-order chi connectivity index (χ1) is 20.7. The number of pyridine rings is 2. The number of alkyl halides is 3.